The number of benzene rings is 2. The van der Waals surface area contributed by atoms with E-state index in [9.17, 15) is 14.4 Å². The summed E-state index contributed by atoms with van der Waals surface area (Å²) in [7, 11) is 0. The Balaban J connectivity index is 1.36. The fourth-order valence-corrected chi connectivity index (χ4v) is 3.96. The van der Waals surface area contributed by atoms with Gasteiger partial charge in [-0.1, -0.05) is 36.4 Å². The highest BCUT2D eigenvalue weighted by atomic mass is 32.1. The largest absolute Gasteiger partial charge is 0.345 e. The maximum Gasteiger partial charge on any atom is 0.323 e. The molecule has 166 valence electrons. The van der Waals surface area contributed by atoms with Gasteiger partial charge in [-0.3, -0.25) is 9.59 Å². The molecule has 8 heteroatoms. The highest BCUT2D eigenvalue weighted by molar-refractivity contribution is 7.13. The summed E-state index contributed by atoms with van der Waals surface area (Å²) >= 11 is 1.51. The van der Waals surface area contributed by atoms with Crippen molar-refractivity contribution in [3.8, 4) is 10.6 Å². The molecule has 4 aromatic rings. The first-order valence-corrected chi connectivity index (χ1v) is 11.2. The third-order valence-electron chi connectivity index (χ3n) is 4.99. The van der Waals surface area contributed by atoms with Crippen LogP contribution in [0.1, 0.15) is 28.9 Å². The molecule has 0 spiro atoms. The number of amides is 3. The minimum absolute atomic E-state index is 0.0537. The van der Waals surface area contributed by atoms with Crippen LogP contribution in [0.5, 0.6) is 0 Å². The summed E-state index contributed by atoms with van der Waals surface area (Å²) < 4.78 is 0. The Hall–Kier alpha value is -4.17. The lowest BCUT2D eigenvalue weighted by atomic mass is 10.1. The first-order valence-electron chi connectivity index (χ1n) is 10.3. The van der Waals surface area contributed by atoms with Gasteiger partial charge in [0.25, 0.3) is 11.5 Å². The van der Waals surface area contributed by atoms with Crippen LogP contribution in [0.3, 0.4) is 0 Å². The SMILES string of the molecule is CC(NC(=O)c1ccc(-c2cccs2)[nH]c1=O)c1ccc(NC(=O)Nc2ccccc2)cc1. The van der Waals surface area contributed by atoms with E-state index in [4.69, 9.17) is 0 Å². The fourth-order valence-electron chi connectivity index (χ4n) is 3.26. The van der Waals surface area contributed by atoms with Gasteiger partial charge in [0.15, 0.2) is 0 Å². The molecule has 1 unspecified atom stereocenters. The highest BCUT2D eigenvalue weighted by Gasteiger charge is 2.15. The molecule has 7 nitrogen and oxygen atoms in total. The molecule has 1 atom stereocenters. The van der Waals surface area contributed by atoms with E-state index in [2.05, 4.69) is 20.9 Å². The molecule has 4 N–H and O–H groups in total. The molecule has 0 fully saturated rings. The number of aromatic amines is 1. The third-order valence-corrected chi connectivity index (χ3v) is 5.89. The molecule has 0 bridgehead atoms. The van der Waals surface area contributed by atoms with Gasteiger partial charge in [-0.05, 0) is 60.3 Å². The summed E-state index contributed by atoms with van der Waals surface area (Å²) in [5.74, 6) is -0.453. The van der Waals surface area contributed by atoms with Crippen LogP contribution >= 0.6 is 11.3 Å². The second-order valence-electron chi connectivity index (χ2n) is 7.35. The number of hydrogen-bond donors (Lipinski definition) is 4. The van der Waals surface area contributed by atoms with Crippen LogP contribution in [0.25, 0.3) is 10.6 Å². The number of thiophene rings is 1. The summed E-state index contributed by atoms with van der Waals surface area (Å²) in [4.78, 5) is 40.9. The van der Waals surface area contributed by atoms with Crippen molar-refractivity contribution in [2.45, 2.75) is 13.0 Å². The lowest BCUT2D eigenvalue weighted by Gasteiger charge is -2.15. The molecule has 0 aliphatic rings. The summed E-state index contributed by atoms with van der Waals surface area (Å²) in [5.41, 5.74) is 2.45. The molecule has 4 rings (SSSR count). The van der Waals surface area contributed by atoms with E-state index < -0.39 is 11.5 Å². The summed E-state index contributed by atoms with van der Waals surface area (Å²) in [6.45, 7) is 1.83. The molecule has 2 aromatic carbocycles. The number of hydrogen-bond acceptors (Lipinski definition) is 4. The first kappa shape index (κ1) is 22.0. The molecule has 0 saturated heterocycles. The van der Waals surface area contributed by atoms with Crippen molar-refractivity contribution in [2.75, 3.05) is 10.6 Å². The number of rotatable bonds is 6. The van der Waals surface area contributed by atoms with Gasteiger partial charge in [-0.25, -0.2) is 4.79 Å². The van der Waals surface area contributed by atoms with Crippen molar-refractivity contribution in [3.63, 3.8) is 0 Å². The number of para-hydroxylation sites is 1. The van der Waals surface area contributed by atoms with Crippen molar-refractivity contribution in [1.29, 1.82) is 0 Å². The molecule has 33 heavy (non-hydrogen) atoms. The maximum absolute atomic E-state index is 12.6. The average molecular weight is 459 g/mol. The molecular formula is C25H22N4O3S. The van der Waals surface area contributed by atoms with Crippen molar-refractivity contribution < 1.29 is 9.59 Å². The van der Waals surface area contributed by atoms with Crippen LogP contribution in [-0.2, 0) is 0 Å². The summed E-state index contributed by atoms with van der Waals surface area (Å²) in [5, 5.41) is 10.3. The normalized spacial score (nSPS) is 11.4. The van der Waals surface area contributed by atoms with E-state index in [0.29, 0.717) is 17.1 Å². The Labute approximate surface area is 194 Å². The number of nitrogens with one attached hydrogen (secondary N) is 4. The summed E-state index contributed by atoms with van der Waals surface area (Å²) in [6, 6.07) is 22.7. The van der Waals surface area contributed by atoms with Crippen LogP contribution in [0.4, 0.5) is 16.2 Å². The van der Waals surface area contributed by atoms with Crippen molar-refractivity contribution in [1.82, 2.24) is 10.3 Å². The van der Waals surface area contributed by atoms with Gasteiger partial charge < -0.3 is 20.9 Å². The van der Waals surface area contributed by atoms with Gasteiger partial charge in [-0.15, -0.1) is 11.3 Å². The first-order chi connectivity index (χ1) is 16.0. The van der Waals surface area contributed by atoms with E-state index in [0.717, 1.165) is 10.4 Å². The fraction of sp³-hybridized carbons (Fsp3) is 0.0800. The Kier molecular flexibility index (Phi) is 6.66. The number of carbonyl (C=O) groups excluding carboxylic acids is 2. The van der Waals surface area contributed by atoms with E-state index >= 15 is 0 Å². The zero-order valence-electron chi connectivity index (χ0n) is 17.8. The van der Waals surface area contributed by atoms with E-state index in [1.54, 1.807) is 30.3 Å². The van der Waals surface area contributed by atoms with Crippen LogP contribution in [-0.4, -0.2) is 16.9 Å². The number of anilines is 2. The third kappa shape index (κ3) is 5.55. The monoisotopic (exact) mass is 458 g/mol. The number of pyridine rings is 1. The molecule has 0 saturated carbocycles. The zero-order valence-corrected chi connectivity index (χ0v) is 18.6. The van der Waals surface area contributed by atoms with Crippen LogP contribution in [0.15, 0.2) is 89.0 Å². The molecular weight excluding hydrogens is 436 g/mol. The number of carbonyl (C=O) groups is 2. The minimum atomic E-state index is -0.453. The molecule has 2 aromatic heterocycles. The van der Waals surface area contributed by atoms with Gasteiger partial charge in [0.05, 0.1) is 16.6 Å². The van der Waals surface area contributed by atoms with Gasteiger partial charge in [0, 0.05) is 11.4 Å². The molecule has 0 radical (unpaired) electrons. The van der Waals surface area contributed by atoms with Gasteiger partial charge in [0.1, 0.15) is 5.56 Å². The van der Waals surface area contributed by atoms with E-state index in [1.165, 1.54) is 17.4 Å². The number of aromatic nitrogens is 1. The van der Waals surface area contributed by atoms with Gasteiger partial charge in [-0.2, -0.15) is 0 Å². The lowest BCUT2D eigenvalue weighted by molar-refractivity contribution is 0.0938. The standard InChI is InChI=1S/C25H22N4O3S/c1-16(26-23(30)20-13-14-21(29-24(20)31)22-8-5-15-33-22)17-9-11-19(12-10-17)28-25(32)27-18-6-3-2-4-7-18/h2-16H,1H3,(H,26,30)(H,29,31)(H2,27,28,32). The van der Waals surface area contributed by atoms with Crippen LogP contribution < -0.4 is 21.5 Å². The van der Waals surface area contributed by atoms with E-state index in [1.807, 2.05) is 54.8 Å². The van der Waals surface area contributed by atoms with Crippen molar-refractivity contribution in [2.24, 2.45) is 0 Å². The molecule has 2 heterocycles. The second-order valence-corrected chi connectivity index (χ2v) is 8.30. The molecule has 0 aliphatic heterocycles. The quantitative estimate of drug-likeness (QED) is 0.318. The minimum Gasteiger partial charge on any atom is -0.345 e. The lowest BCUT2D eigenvalue weighted by Crippen LogP contribution is -2.31. The summed E-state index contributed by atoms with van der Waals surface area (Å²) in [6.07, 6.45) is 0. The number of H-pyrrole nitrogens is 1. The van der Waals surface area contributed by atoms with Crippen LogP contribution in [0, 0.1) is 0 Å². The zero-order chi connectivity index (χ0) is 23.2. The predicted molar refractivity (Wildman–Crippen MR) is 132 cm³/mol. The Morgan fingerprint density at radius 2 is 1.55 bits per heavy atom. The number of urea groups is 1. The Morgan fingerprint density at radius 3 is 2.18 bits per heavy atom. The van der Waals surface area contributed by atoms with Crippen molar-refractivity contribution >= 4 is 34.6 Å². The van der Waals surface area contributed by atoms with Crippen molar-refractivity contribution in [3.05, 3.63) is 106 Å². The van der Waals surface area contributed by atoms with Gasteiger partial charge >= 0.3 is 6.03 Å². The second kappa shape index (κ2) is 9.97. The highest BCUT2D eigenvalue weighted by Crippen LogP contribution is 2.22. The smallest absolute Gasteiger partial charge is 0.323 e. The van der Waals surface area contributed by atoms with Gasteiger partial charge in [0.2, 0.25) is 0 Å². The topological polar surface area (TPSA) is 103 Å². The average Bonchev–Trinajstić information content (AvgIpc) is 3.35. The van der Waals surface area contributed by atoms with Crippen LogP contribution in [0.2, 0.25) is 0 Å². The van der Waals surface area contributed by atoms with E-state index in [-0.39, 0.29) is 17.6 Å². The molecule has 0 aliphatic carbocycles. The Bertz CT molecular complexity index is 1300. The predicted octanol–water partition coefficient (Wildman–Crippen LogP) is 5.24. The molecule has 3 amide bonds. The maximum atomic E-state index is 12.6. The Morgan fingerprint density at radius 1 is 0.848 bits per heavy atom.